The SMILES string of the molecule is CC/C=C\C/C=C\C/C=C\C/C=C\C/C=C\CCCCCCCCCCCCOCC(COP(=O)(O)OCCN)OC(=O)CCCCCCC/C=C\C/C=C\C/C=C\CC. The van der Waals surface area contributed by atoms with Gasteiger partial charge in [-0.2, -0.15) is 0 Å². The van der Waals surface area contributed by atoms with Gasteiger partial charge in [0, 0.05) is 19.6 Å². The lowest BCUT2D eigenvalue weighted by Crippen LogP contribution is -2.28. The van der Waals surface area contributed by atoms with Crippen LogP contribution in [0.15, 0.2) is 97.2 Å². The zero-order valence-corrected chi connectivity index (χ0v) is 39.1. The number of phosphoric ester groups is 1. The summed E-state index contributed by atoms with van der Waals surface area (Å²) >= 11 is 0. The summed E-state index contributed by atoms with van der Waals surface area (Å²) in [6.07, 6.45) is 62.9. The Balaban J connectivity index is 3.99. The fourth-order valence-electron chi connectivity index (χ4n) is 6.10. The third kappa shape index (κ3) is 46.5. The van der Waals surface area contributed by atoms with Gasteiger partial charge in [0.15, 0.2) is 0 Å². The minimum absolute atomic E-state index is 0.0914. The number of nitrogens with two attached hydrogens (primary N) is 1. The van der Waals surface area contributed by atoms with Gasteiger partial charge in [-0.3, -0.25) is 13.8 Å². The minimum Gasteiger partial charge on any atom is -0.457 e. The van der Waals surface area contributed by atoms with E-state index in [-0.39, 0.29) is 32.3 Å². The number of hydrogen-bond acceptors (Lipinski definition) is 7. The van der Waals surface area contributed by atoms with Crippen LogP contribution in [0.2, 0.25) is 0 Å². The Bertz CT molecular complexity index is 1240. The molecule has 2 unspecified atom stereocenters. The van der Waals surface area contributed by atoms with Crippen molar-refractivity contribution in [3.8, 4) is 0 Å². The number of carbonyl (C=O) groups is 1. The quantitative estimate of drug-likeness (QED) is 0.0269. The van der Waals surface area contributed by atoms with E-state index in [1.54, 1.807) is 0 Å². The first-order valence-electron chi connectivity index (χ1n) is 23.7. The Labute approximate surface area is 368 Å². The third-order valence-electron chi connectivity index (χ3n) is 9.50. The fraction of sp³-hybridized carbons (Fsp3) is 0.667. The fourth-order valence-corrected chi connectivity index (χ4v) is 6.86. The largest absolute Gasteiger partial charge is 0.472 e. The molecule has 0 fully saturated rings. The van der Waals surface area contributed by atoms with Gasteiger partial charge in [-0.25, -0.2) is 4.57 Å². The van der Waals surface area contributed by atoms with Crippen LogP contribution in [0.4, 0.5) is 0 Å². The van der Waals surface area contributed by atoms with Crippen LogP contribution in [0.5, 0.6) is 0 Å². The highest BCUT2D eigenvalue weighted by Crippen LogP contribution is 2.43. The highest BCUT2D eigenvalue weighted by atomic mass is 31.2. The monoisotopic (exact) mass is 858 g/mol. The molecule has 0 saturated heterocycles. The molecule has 0 amide bonds. The molecule has 2 atom stereocenters. The van der Waals surface area contributed by atoms with Crippen molar-refractivity contribution in [1.29, 1.82) is 0 Å². The Kier molecular flexibility index (Phi) is 45.4. The molecule has 0 spiro atoms. The molecule has 0 heterocycles. The van der Waals surface area contributed by atoms with Crippen LogP contribution in [0, 0.1) is 0 Å². The summed E-state index contributed by atoms with van der Waals surface area (Å²) in [5, 5.41) is 0. The lowest BCUT2D eigenvalue weighted by molar-refractivity contribution is -0.154. The summed E-state index contributed by atoms with van der Waals surface area (Å²) < 4.78 is 33.5. The van der Waals surface area contributed by atoms with Gasteiger partial charge >= 0.3 is 13.8 Å². The average Bonchev–Trinajstić information content (AvgIpc) is 3.24. The molecule has 3 N–H and O–H groups in total. The molecule has 8 nitrogen and oxygen atoms in total. The van der Waals surface area contributed by atoms with Crippen LogP contribution in [-0.2, 0) is 27.9 Å². The van der Waals surface area contributed by atoms with Crippen LogP contribution >= 0.6 is 7.82 Å². The van der Waals surface area contributed by atoms with Crippen molar-refractivity contribution in [2.45, 2.75) is 187 Å². The maximum atomic E-state index is 12.6. The van der Waals surface area contributed by atoms with Gasteiger partial charge in [0.25, 0.3) is 0 Å². The summed E-state index contributed by atoms with van der Waals surface area (Å²) in [6, 6.07) is 0. The number of carbonyl (C=O) groups excluding carboxylic acids is 1. The highest BCUT2D eigenvalue weighted by Gasteiger charge is 2.25. The van der Waals surface area contributed by atoms with E-state index < -0.39 is 13.9 Å². The number of ether oxygens (including phenoxy) is 2. The Morgan fingerprint density at radius 3 is 1.32 bits per heavy atom. The second-order valence-electron chi connectivity index (χ2n) is 15.2. The number of rotatable bonds is 44. The van der Waals surface area contributed by atoms with E-state index in [4.69, 9.17) is 24.3 Å². The van der Waals surface area contributed by atoms with Crippen molar-refractivity contribution < 1.29 is 32.8 Å². The molecule has 0 aromatic heterocycles. The molecule has 0 aliphatic carbocycles. The van der Waals surface area contributed by atoms with E-state index in [9.17, 15) is 14.3 Å². The third-order valence-corrected chi connectivity index (χ3v) is 10.5. The van der Waals surface area contributed by atoms with E-state index in [2.05, 4.69) is 111 Å². The first-order chi connectivity index (χ1) is 29.4. The van der Waals surface area contributed by atoms with Crippen molar-refractivity contribution in [3.05, 3.63) is 97.2 Å². The Morgan fingerprint density at radius 1 is 0.500 bits per heavy atom. The molecule has 0 rings (SSSR count). The van der Waals surface area contributed by atoms with Crippen LogP contribution in [0.1, 0.15) is 181 Å². The van der Waals surface area contributed by atoms with Crippen LogP contribution in [-0.4, -0.2) is 49.9 Å². The smallest absolute Gasteiger partial charge is 0.457 e. The molecule has 0 aromatic carbocycles. The van der Waals surface area contributed by atoms with E-state index in [0.717, 1.165) is 103 Å². The zero-order valence-electron chi connectivity index (χ0n) is 38.2. The highest BCUT2D eigenvalue weighted by molar-refractivity contribution is 7.47. The molecule has 60 heavy (non-hydrogen) atoms. The molecular weight excluding hydrogens is 770 g/mol. The van der Waals surface area contributed by atoms with Crippen LogP contribution in [0.3, 0.4) is 0 Å². The maximum Gasteiger partial charge on any atom is 0.472 e. The average molecular weight is 858 g/mol. The van der Waals surface area contributed by atoms with Gasteiger partial charge in [0.2, 0.25) is 0 Å². The first-order valence-corrected chi connectivity index (χ1v) is 25.2. The van der Waals surface area contributed by atoms with Crippen molar-refractivity contribution in [2.75, 3.05) is 33.0 Å². The molecular formula is C51H88NO7P. The van der Waals surface area contributed by atoms with Gasteiger partial charge in [-0.15, -0.1) is 0 Å². The molecule has 0 aliphatic rings. The molecule has 0 aromatic rings. The molecule has 0 bridgehead atoms. The normalized spacial score (nSPS) is 14.3. The van der Waals surface area contributed by atoms with Gasteiger partial charge < -0.3 is 20.1 Å². The van der Waals surface area contributed by atoms with E-state index in [0.29, 0.717) is 13.0 Å². The summed E-state index contributed by atoms with van der Waals surface area (Å²) in [4.78, 5) is 22.5. The lowest BCUT2D eigenvalue weighted by Gasteiger charge is -2.20. The van der Waals surface area contributed by atoms with E-state index >= 15 is 0 Å². The number of phosphoric acid groups is 1. The predicted octanol–water partition coefficient (Wildman–Crippen LogP) is 14.6. The van der Waals surface area contributed by atoms with Gasteiger partial charge in [-0.05, 0) is 89.9 Å². The van der Waals surface area contributed by atoms with Crippen molar-refractivity contribution >= 4 is 13.8 Å². The lowest BCUT2D eigenvalue weighted by atomic mass is 10.1. The van der Waals surface area contributed by atoms with Gasteiger partial charge in [0.05, 0.1) is 19.8 Å². The molecule has 344 valence electrons. The Morgan fingerprint density at radius 2 is 0.883 bits per heavy atom. The maximum absolute atomic E-state index is 12.6. The van der Waals surface area contributed by atoms with E-state index in [1.165, 1.54) is 57.8 Å². The molecule has 0 aliphatic heterocycles. The van der Waals surface area contributed by atoms with Crippen molar-refractivity contribution in [1.82, 2.24) is 0 Å². The molecule has 9 heteroatoms. The number of unbranched alkanes of at least 4 members (excludes halogenated alkanes) is 15. The van der Waals surface area contributed by atoms with Crippen LogP contribution in [0.25, 0.3) is 0 Å². The van der Waals surface area contributed by atoms with Crippen LogP contribution < -0.4 is 5.73 Å². The number of hydrogen-bond donors (Lipinski definition) is 2. The summed E-state index contributed by atoms with van der Waals surface area (Å²) in [5.41, 5.74) is 5.38. The van der Waals surface area contributed by atoms with Gasteiger partial charge in [0.1, 0.15) is 6.10 Å². The predicted molar refractivity (Wildman–Crippen MR) is 256 cm³/mol. The second kappa shape index (κ2) is 47.5. The minimum atomic E-state index is -4.29. The zero-order chi connectivity index (χ0) is 43.7. The van der Waals surface area contributed by atoms with E-state index in [1.807, 2.05) is 0 Å². The topological polar surface area (TPSA) is 117 Å². The second-order valence-corrected chi connectivity index (χ2v) is 16.7. The molecule has 0 saturated carbocycles. The molecule has 0 radical (unpaired) electrons. The summed E-state index contributed by atoms with van der Waals surface area (Å²) in [7, 11) is -4.29. The summed E-state index contributed by atoms with van der Waals surface area (Å²) in [6.45, 7) is 4.64. The summed E-state index contributed by atoms with van der Waals surface area (Å²) in [5.74, 6) is -0.352. The Hall–Kier alpha value is -2.58. The number of allylic oxidation sites excluding steroid dienone is 16. The number of esters is 1. The van der Waals surface area contributed by atoms with Gasteiger partial charge in [-0.1, -0.05) is 182 Å². The first kappa shape index (κ1) is 57.4. The van der Waals surface area contributed by atoms with Crippen molar-refractivity contribution in [3.63, 3.8) is 0 Å². The van der Waals surface area contributed by atoms with Crippen molar-refractivity contribution in [2.24, 2.45) is 5.73 Å². The standard InChI is InChI=1S/C51H88NO7P/c1-3-5-7-9-11-13-15-17-19-20-21-22-23-24-25-26-27-28-29-31-33-35-37-39-41-43-46-56-48-50(49-58-60(54,55)57-47-45-52)59-51(53)44-42-40-38-36-34-32-30-18-16-14-12-10-8-6-4-2/h5-8,11-14,17-19,21-22,24-25,30,50H,3-4,9-10,15-16,20,23,26-29,31-49,52H2,1-2H3,(H,54,55)/b7-5-,8-6-,13-11-,14-12-,19-17-,22-21-,25-24-,30-18-.